The Morgan fingerprint density at radius 1 is 1.50 bits per heavy atom. The Labute approximate surface area is 109 Å². The molecule has 0 bridgehead atoms. The van der Waals surface area contributed by atoms with Crippen LogP contribution in [0.15, 0.2) is 24.3 Å². The average Bonchev–Trinajstić information content (AvgIpc) is 2.88. The van der Waals surface area contributed by atoms with E-state index >= 15 is 0 Å². The van der Waals surface area contributed by atoms with Crippen LogP contribution < -0.4 is 5.32 Å². The molecule has 0 aromatic carbocycles. The van der Waals surface area contributed by atoms with E-state index in [1.54, 1.807) is 12.2 Å². The quantitative estimate of drug-likeness (QED) is 0.324. The molecule has 3 heteroatoms. The highest BCUT2D eigenvalue weighted by molar-refractivity contribution is 5.87. The number of carbonyl (C=O) groups is 1. The zero-order valence-electron chi connectivity index (χ0n) is 10.7. The van der Waals surface area contributed by atoms with E-state index in [4.69, 9.17) is 11.2 Å². The summed E-state index contributed by atoms with van der Waals surface area (Å²) in [6, 6.07) is 0. The number of nitrogens with one attached hydrogen (secondary N) is 1. The van der Waals surface area contributed by atoms with Crippen LogP contribution in [0.3, 0.4) is 0 Å². The lowest BCUT2D eigenvalue weighted by molar-refractivity contribution is -0.116. The average molecular weight is 247 g/mol. The summed E-state index contributed by atoms with van der Waals surface area (Å²) in [7, 11) is 0. The number of carbonyl (C=O) groups excluding carboxylic acids is 1. The van der Waals surface area contributed by atoms with Gasteiger partial charge >= 0.3 is 0 Å². The SMILES string of the molecule is C#CCCCC=CC=CC(=O)NCC1CCOC1. The maximum absolute atomic E-state index is 11.4. The monoisotopic (exact) mass is 247 g/mol. The van der Waals surface area contributed by atoms with E-state index in [-0.39, 0.29) is 5.91 Å². The third kappa shape index (κ3) is 6.93. The Kier molecular flexibility index (Phi) is 7.66. The molecule has 1 N–H and O–H groups in total. The van der Waals surface area contributed by atoms with Crippen LogP contribution in [0, 0.1) is 18.3 Å². The molecule has 18 heavy (non-hydrogen) atoms. The molecule has 0 spiro atoms. The minimum atomic E-state index is -0.0461. The summed E-state index contributed by atoms with van der Waals surface area (Å²) >= 11 is 0. The topological polar surface area (TPSA) is 38.3 Å². The van der Waals surface area contributed by atoms with E-state index in [1.807, 2.05) is 12.2 Å². The van der Waals surface area contributed by atoms with Crippen LogP contribution in [0.5, 0.6) is 0 Å². The largest absolute Gasteiger partial charge is 0.381 e. The zero-order valence-corrected chi connectivity index (χ0v) is 10.7. The lowest BCUT2D eigenvalue weighted by Gasteiger charge is -2.06. The maximum Gasteiger partial charge on any atom is 0.243 e. The van der Waals surface area contributed by atoms with Crippen molar-refractivity contribution >= 4 is 5.91 Å². The minimum Gasteiger partial charge on any atom is -0.381 e. The van der Waals surface area contributed by atoms with Gasteiger partial charge in [-0.1, -0.05) is 18.2 Å². The summed E-state index contributed by atoms with van der Waals surface area (Å²) < 4.78 is 5.24. The van der Waals surface area contributed by atoms with Crippen molar-refractivity contribution < 1.29 is 9.53 Å². The van der Waals surface area contributed by atoms with E-state index in [9.17, 15) is 4.79 Å². The van der Waals surface area contributed by atoms with Crippen LogP contribution in [0.2, 0.25) is 0 Å². The number of ether oxygens (including phenoxy) is 1. The van der Waals surface area contributed by atoms with Crippen molar-refractivity contribution in [2.24, 2.45) is 5.92 Å². The van der Waals surface area contributed by atoms with Crippen molar-refractivity contribution in [1.82, 2.24) is 5.32 Å². The van der Waals surface area contributed by atoms with Crippen LogP contribution in [0.1, 0.15) is 25.7 Å². The van der Waals surface area contributed by atoms with Gasteiger partial charge in [-0.2, -0.15) is 0 Å². The molecule has 98 valence electrons. The molecule has 3 nitrogen and oxygen atoms in total. The van der Waals surface area contributed by atoms with Crippen LogP contribution in [0.25, 0.3) is 0 Å². The van der Waals surface area contributed by atoms with Gasteiger partial charge < -0.3 is 10.1 Å². The van der Waals surface area contributed by atoms with E-state index in [0.29, 0.717) is 12.5 Å². The summed E-state index contributed by atoms with van der Waals surface area (Å²) in [5, 5.41) is 2.87. The smallest absolute Gasteiger partial charge is 0.243 e. The highest BCUT2D eigenvalue weighted by Crippen LogP contribution is 2.10. The van der Waals surface area contributed by atoms with Crippen molar-refractivity contribution in [2.45, 2.75) is 25.7 Å². The molecule has 1 heterocycles. The Balaban J connectivity index is 2.05. The van der Waals surface area contributed by atoms with Gasteiger partial charge in [0, 0.05) is 31.6 Å². The molecule has 0 radical (unpaired) electrons. The summed E-state index contributed by atoms with van der Waals surface area (Å²) in [5.74, 6) is 3.02. The molecule has 0 saturated carbocycles. The molecule has 1 saturated heterocycles. The second-order valence-electron chi connectivity index (χ2n) is 4.36. The minimum absolute atomic E-state index is 0.0461. The molecule has 0 aromatic rings. The van der Waals surface area contributed by atoms with E-state index < -0.39 is 0 Å². The van der Waals surface area contributed by atoms with Gasteiger partial charge in [0.2, 0.25) is 5.91 Å². The fraction of sp³-hybridized carbons (Fsp3) is 0.533. The maximum atomic E-state index is 11.4. The first kappa shape index (κ1) is 14.5. The highest BCUT2D eigenvalue weighted by atomic mass is 16.5. The van der Waals surface area contributed by atoms with Gasteiger partial charge in [-0.15, -0.1) is 12.3 Å². The highest BCUT2D eigenvalue weighted by Gasteiger charge is 2.15. The fourth-order valence-corrected chi connectivity index (χ4v) is 1.69. The van der Waals surface area contributed by atoms with Crippen molar-refractivity contribution in [3.05, 3.63) is 24.3 Å². The van der Waals surface area contributed by atoms with Gasteiger partial charge in [-0.05, 0) is 19.3 Å². The molecule has 1 aliphatic rings. The van der Waals surface area contributed by atoms with Crippen LogP contribution >= 0.6 is 0 Å². The normalized spacial score (nSPS) is 19.4. The first-order chi connectivity index (χ1) is 8.83. The lowest BCUT2D eigenvalue weighted by Crippen LogP contribution is -2.27. The van der Waals surface area contributed by atoms with Crippen LogP contribution in [-0.2, 0) is 9.53 Å². The summed E-state index contributed by atoms with van der Waals surface area (Å²) in [5.41, 5.74) is 0. The van der Waals surface area contributed by atoms with Gasteiger partial charge in [0.05, 0.1) is 6.61 Å². The van der Waals surface area contributed by atoms with Crippen molar-refractivity contribution in [1.29, 1.82) is 0 Å². The summed E-state index contributed by atoms with van der Waals surface area (Å²) in [6.45, 7) is 2.28. The van der Waals surface area contributed by atoms with Gasteiger partial charge in [0.1, 0.15) is 0 Å². The van der Waals surface area contributed by atoms with Crippen LogP contribution in [-0.4, -0.2) is 25.7 Å². The molecule has 1 amide bonds. The number of amides is 1. The molecule has 1 fully saturated rings. The second kappa shape index (κ2) is 9.49. The zero-order chi connectivity index (χ0) is 13.1. The molecule has 0 aliphatic carbocycles. The molecule has 0 aromatic heterocycles. The molecular weight excluding hydrogens is 226 g/mol. The third-order valence-corrected chi connectivity index (χ3v) is 2.78. The van der Waals surface area contributed by atoms with E-state index in [2.05, 4.69) is 11.2 Å². The van der Waals surface area contributed by atoms with Gasteiger partial charge in [0.25, 0.3) is 0 Å². The predicted molar refractivity (Wildman–Crippen MR) is 72.9 cm³/mol. The Bertz CT molecular complexity index is 333. The molecule has 1 atom stereocenters. The van der Waals surface area contributed by atoms with Gasteiger partial charge in [-0.25, -0.2) is 0 Å². The first-order valence-electron chi connectivity index (χ1n) is 6.45. The third-order valence-electron chi connectivity index (χ3n) is 2.78. The molecule has 1 aliphatic heterocycles. The van der Waals surface area contributed by atoms with Crippen molar-refractivity contribution in [2.75, 3.05) is 19.8 Å². The first-order valence-corrected chi connectivity index (χ1v) is 6.45. The van der Waals surface area contributed by atoms with Gasteiger partial charge in [0.15, 0.2) is 0 Å². The number of allylic oxidation sites excluding steroid dienone is 3. The van der Waals surface area contributed by atoms with E-state index in [0.717, 1.165) is 38.9 Å². The number of rotatable bonds is 7. The Morgan fingerprint density at radius 3 is 3.11 bits per heavy atom. The molecular formula is C15H21NO2. The van der Waals surface area contributed by atoms with Crippen LogP contribution in [0.4, 0.5) is 0 Å². The van der Waals surface area contributed by atoms with Crippen molar-refractivity contribution in [3.8, 4) is 12.3 Å². The molecule has 1 unspecified atom stereocenters. The molecule has 1 rings (SSSR count). The number of hydrogen-bond donors (Lipinski definition) is 1. The second-order valence-corrected chi connectivity index (χ2v) is 4.36. The standard InChI is InChI=1S/C15H21NO2/c1-2-3-4-5-6-7-8-9-15(17)16-12-14-10-11-18-13-14/h1,6-9,14H,3-5,10-13H2,(H,16,17). The number of unbranched alkanes of at least 4 members (excludes halogenated alkanes) is 2. The van der Waals surface area contributed by atoms with E-state index in [1.165, 1.54) is 0 Å². The lowest BCUT2D eigenvalue weighted by atomic mass is 10.1. The predicted octanol–water partition coefficient (Wildman–Crippen LogP) is 2.05. The van der Waals surface area contributed by atoms with Gasteiger partial charge in [-0.3, -0.25) is 4.79 Å². The number of terminal acetylenes is 1. The summed E-state index contributed by atoms with van der Waals surface area (Å²) in [6.07, 6.45) is 16.2. The Hall–Kier alpha value is -1.53. The number of hydrogen-bond acceptors (Lipinski definition) is 2. The van der Waals surface area contributed by atoms with Crippen molar-refractivity contribution in [3.63, 3.8) is 0 Å². The fourth-order valence-electron chi connectivity index (χ4n) is 1.69. The summed E-state index contributed by atoms with van der Waals surface area (Å²) in [4.78, 5) is 11.4. The Morgan fingerprint density at radius 2 is 2.39 bits per heavy atom.